The molecule has 8 nitrogen and oxygen atoms in total. The van der Waals surface area contributed by atoms with Gasteiger partial charge in [-0.25, -0.2) is 0 Å². The highest BCUT2D eigenvalue weighted by Crippen LogP contribution is 2.41. The van der Waals surface area contributed by atoms with Gasteiger partial charge >= 0.3 is 0 Å². The number of aliphatic hydroxyl groups is 1. The molecule has 3 aliphatic heterocycles. The Hall–Kier alpha value is -3.36. The number of likely N-dealkylation sites (tertiary alicyclic amines) is 1. The number of ether oxygens (including phenoxy) is 3. The third kappa shape index (κ3) is 4.51. The average molecular weight is 479 g/mol. The molecule has 0 aromatic heterocycles. The van der Waals surface area contributed by atoms with Gasteiger partial charge in [0.25, 0.3) is 11.7 Å². The van der Waals surface area contributed by atoms with Gasteiger partial charge in [0, 0.05) is 38.2 Å². The van der Waals surface area contributed by atoms with Crippen LogP contribution in [0.5, 0.6) is 11.5 Å². The van der Waals surface area contributed by atoms with Gasteiger partial charge in [0.2, 0.25) is 0 Å². The summed E-state index contributed by atoms with van der Waals surface area (Å²) in [6.07, 6.45) is 0.786. The molecule has 2 fully saturated rings. The monoisotopic (exact) mass is 478 g/mol. The largest absolute Gasteiger partial charge is 0.507 e. The number of methoxy groups -OCH3 is 1. The summed E-state index contributed by atoms with van der Waals surface area (Å²) >= 11 is 0. The lowest BCUT2D eigenvalue weighted by molar-refractivity contribution is -0.140. The maximum Gasteiger partial charge on any atom is 0.295 e. The van der Waals surface area contributed by atoms with Gasteiger partial charge in [-0.05, 0) is 48.4 Å². The van der Waals surface area contributed by atoms with Crippen LogP contribution in [0.2, 0.25) is 0 Å². The highest BCUT2D eigenvalue weighted by Gasteiger charge is 2.46. The van der Waals surface area contributed by atoms with Gasteiger partial charge in [0.05, 0.1) is 31.9 Å². The van der Waals surface area contributed by atoms with E-state index < -0.39 is 17.7 Å². The quantitative estimate of drug-likeness (QED) is 0.388. The number of morpholine rings is 1. The summed E-state index contributed by atoms with van der Waals surface area (Å²) < 4.78 is 16.6. The minimum absolute atomic E-state index is 0.0601. The number of ketones is 1. The van der Waals surface area contributed by atoms with Crippen LogP contribution in [0.3, 0.4) is 0 Å². The Balaban J connectivity index is 1.54. The standard InChI is InChI=1S/C27H30N2O6/c1-17-14-20-15-19(6-7-22(20)35-17)25(30)23-24(18-4-3-5-21(16-18)33-2)29(27(32)26(23)31)9-8-28-10-12-34-13-11-28/h3-7,15-17,24,30H,8-14H2,1-2H3. The lowest BCUT2D eigenvalue weighted by atomic mass is 9.94. The van der Waals surface area contributed by atoms with Crippen molar-refractivity contribution in [3.05, 3.63) is 64.7 Å². The Bertz CT molecular complexity index is 1170. The van der Waals surface area contributed by atoms with Gasteiger partial charge in [-0.1, -0.05) is 12.1 Å². The predicted octanol–water partition coefficient (Wildman–Crippen LogP) is 2.77. The van der Waals surface area contributed by atoms with Crippen LogP contribution in [0.1, 0.15) is 29.7 Å². The third-order valence-corrected chi connectivity index (χ3v) is 6.88. The van der Waals surface area contributed by atoms with Crippen LogP contribution >= 0.6 is 0 Å². The SMILES string of the molecule is COc1cccc(C2C(=C(O)c3ccc4c(c3)CC(C)O4)C(=O)C(=O)N2CCN2CCOCC2)c1. The van der Waals surface area contributed by atoms with Crippen LogP contribution in [0.15, 0.2) is 48.0 Å². The molecule has 0 saturated carbocycles. The minimum Gasteiger partial charge on any atom is -0.507 e. The molecule has 2 unspecified atom stereocenters. The Labute approximate surface area is 204 Å². The Morgan fingerprint density at radius 3 is 2.69 bits per heavy atom. The molecule has 8 heteroatoms. The zero-order valence-electron chi connectivity index (χ0n) is 20.0. The van der Waals surface area contributed by atoms with E-state index in [-0.39, 0.29) is 17.4 Å². The average Bonchev–Trinajstić information content (AvgIpc) is 3.38. The van der Waals surface area contributed by atoms with Crippen molar-refractivity contribution in [2.75, 3.05) is 46.5 Å². The molecule has 3 aliphatic rings. The Kier molecular flexibility index (Phi) is 6.49. The second-order valence-corrected chi connectivity index (χ2v) is 9.18. The van der Waals surface area contributed by atoms with E-state index in [2.05, 4.69) is 4.90 Å². The van der Waals surface area contributed by atoms with Crippen molar-refractivity contribution in [3.63, 3.8) is 0 Å². The zero-order valence-corrected chi connectivity index (χ0v) is 20.0. The molecule has 3 heterocycles. The van der Waals surface area contributed by atoms with Crippen molar-refractivity contribution in [2.45, 2.75) is 25.5 Å². The van der Waals surface area contributed by atoms with E-state index in [0.29, 0.717) is 43.2 Å². The fraction of sp³-hybridized carbons (Fsp3) is 0.407. The van der Waals surface area contributed by atoms with E-state index in [1.165, 1.54) is 0 Å². The Morgan fingerprint density at radius 1 is 1.11 bits per heavy atom. The lowest BCUT2D eigenvalue weighted by Crippen LogP contribution is -2.42. The van der Waals surface area contributed by atoms with E-state index in [1.807, 2.05) is 43.3 Å². The fourth-order valence-corrected chi connectivity index (χ4v) is 5.07. The first-order chi connectivity index (χ1) is 17.0. The normalized spacial score (nSPS) is 23.9. The number of aliphatic hydroxyl groups excluding tert-OH is 1. The summed E-state index contributed by atoms with van der Waals surface area (Å²) in [6.45, 7) is 5.83. The second-order valence-electron chi connectivity index (χ2n) is 9.18. The summed E-state index contributed by atoms with van der Waals surface area (Å²) in [6, 6.07) is 12.0. The number of hydrogen-bond acceptors (Lipinski definition) is 7. The number of Topliss-reactive ketones (excluding diaryl/α,β-unsaturated/α-hetero) is 1. The molecule has 1 N–H and O–H groups in total. The van der Waals surface area contributed by atoms with Crippen LogP contribution in [-0.4, -0.2) is 79.2 Å². The van der Waals surface area contributed by atoms with Crippen LogP contribution in [0.25, 0.3) is 5.76 Å². The summed E-state index contributed by atoms with van der Waals surface area (Å²) in [5.41, 5.74) is 2.28. The fourth-order valence-electron chi connectivity index (χ4n) is 5.07. The van der Waals surface area contributed by atoms with Crippen molar-refractivity contribution in [1.29, 1.82) is 0 Å². The molecule has 2 aromatic rings. The van der Waals surface area contributed by atoms with Gasteiger partial charge in [0.1, 0.15) is 23.4 Å². The first-order valence-electron chi connectivity index (χ1n) is 12.0. The van der Waals surface area contributed by atoms with E-state index in [4.69, 9.17) is 14.2 Å². The van der Waals surface area contributed by atoms with E-state index in [1.54, 1.807) is 18.1 Å². The van der Waals surface area contributed by atoms with Gasteiger partial charge in [-0.15, -0.1) is 0 Å². The van der Waals surface area contributed by atoms with Crippen molar-refractivity contribution in [1.82, 2.24) is 9.80 Å². The first kappa shape index (κ1) is 23.4. The Morgan fingerprint density at radius 2 is 1.91 bits per heavy atom. The van der Waals surface area contributed by atoms with Gasteiger partial charge in [0.15, 0.2) is 0 Å². The maximum absolute atomic E-state index is 13.3. The molecule has 2 aromatic carbocycles. The van der Waals surface area contributed by atoms with E-state index in [9.17, 15) is 14.7 Å². The van der Waals surface area contributed by atoms with E-state index in [0.717, 1.165) is 30.8 Å². The van der Waals surface area contributed by atoms with Crippen molar-refractivity contribution >= 4 is 17.4 Å². The summed E-state index contributed by atoms with van der Waals surface area (Å²) in [4.78, 5) is 30.3. The maximum atomic E-state index is 13.3. The van der Waals surface area contributed by atoms with Gasteiger partial charge in [-0.2, -0.15) is 0 Å². The molecule has 0 radical (unpaired) electrons. The van der Waals surface area contributed by atoms with Crippen molar-refractivity contribution < 1.29 is 28.9 Å². The second kappa shape index (κ2) is 9.71. The van der Waals surface area contributed by atoms with Gasteiger partial charge < -0.3 is 24.2 Å². The van der Waals surface area contributed by atoms with Crippen LogP contribution in [-0.2, 0) is 20.7 Å². The van der Waals surface area contributed by atoms with Gasteiger partial charge in [-0.3, -0.25) is 14.5 Å². The molecule has 0 bridgehead atoms. The molecule has 2 atom stereocenters. The zero-order chi connectivity index (χ0) is 24.5. The molecular formula is C27H30N2O6. The molecular weight excluding hydrogens is 448 g/mol. The third-order valence-electron chi connectivity index (χ3n) is 6.88. The number of carbonyl (C=O) groups is 2. The minimum atomic E-state index is -0.713. The van der Waals surface area contributed by atoms with Crippen LogP contribution in [0.4, 0.5) is 0 Å². The van der Waals surface area contributed by atoms with Crippen LogP contribution < -0.4 is 9.47 Å². The molecule has 184 valence electrons. The molecule has 0 aliphatic carbocycles. The number of amides is 1. The predicted molar refractivity (Wildman–Crippen MR) is 129 cm³/mol. The molecule has 35 heavy (non-hydrogen) atoms. The topological polar surface area (TPSA) is 88.5 Å². The number of rotatable bonds is 6. The number of benzene rings is 2. The summed E-state index contributed by atoms with van der Waals surface area (Å²) in [5, 5.41) is 11.4. The molecule has 1 amide bonds. The van der Waals surface area contributed by atoms with Crippen molar-refractivity contribution in [2.24, 2.45) is 0 Å². The lowest BCUT2D eigenvalue weighted by Gasteiger charge is -2.31. The van der Waals surface area contributed by atoms with E-state index >= 15 is 0 Å². The van der Waals surface area contributed by atoms with Crippen LogP contribution in [0, 0.1) is 0 Å². The highest BCUT2D eigenvalue weighted by molar-refractivity contribution is 6.46. The summed E-state index contributed by atoms with van der Waals surface area (Å²) in [7, 11) is 1.57. The number of carbonyl (C=O) groups excluding carboxylic acids is 2. The smallest absolute Gasteiger partial charge is 0.295 e. The molecule has 2 saturated heterocycles. The highest BCUT2D eigenvalue weighted by atomic mass is 16.5. The number of hydrogen-bond donors (Lipinski definition) is 1. The summed E-state index contributed by atoms with van der Waals surface area (Å²) in [5.74, 6) is -0.0603. The molecule has 5 rings (SSSR count). The molecule has 0 spiro atoms. The number of nitrogens with zero attached hydrogens (tertiary/aromatic N) is 2. The van der Waals surface area contributed by atoms with Crippen molar-refractivity contribution in [3.8, 4) is 11.5 Å². The first-order valence-corrected chi connectivity index (χ1v) is 12.0. The number of fused-ring (bicyclic) bond motifs is 1.